The number of ether oxygens (including phenoxy) is 1. The molecule has 0 radical (unpaired) electrons. The van der Waals surface area contributed by atoms with Gasteiger partial charge in [0.2, 0.25) is 0 Å². The molecule has 24 heavy (non-hydrogen) atoms. The van der Waals surface area contributed by atoms with Gasteiger partial charge in [-0.2, -0.15) is 0 Å². The van der Waals surface area contributed by atoms with Crippen molar-refractivity contribution < 1.29 is 4.74 Å². The lowest BCUT2D eigenvalue weighted by Gasteiger charge is -2.35. The molecule has 0 saturated carbocycles. The summed E-state index contributed by atoms with van der Waals surface area (Å²) in [6, 6.07) is 12.8. The quantitative estimate of drug-likeness (QED) is 0.886. The minimum absolute atomic E-state index is 0.310. The summed E-state index contributed by atoms with van der Waals surface area (Å²) in [4.78, 5) is 6.66. The Morgan fingerprint density at radius 2 is 1.79 bits per heavy atom. The zero-order valence-electron chi connectivity index (χ0n) is 14.6. The Labute approximate surface area is 144 Å². The molecular weight excluding hydrogens is 298 g/mol. The molecule has 1 fully saturated rings. The third kappa shape index (κ3) is 4.87. The van der Waals surface area contributed by atoms with Gasteiger partial charge in [0.15, 0.2) is 0 Å². The van der Waals surface area contributed by atoms with Gasteiger partial charge in [0, 0.05) is 45.1 Å². The second-order valence-electron chi connectivity index (χ2n) is 6.68. The Morgan fingerprint density at radius 1 is 1.04 bits per heavy atom. The van der Waals surface area contributed by atoms with Crippen molar-refractivity contribution >= 4 is 0 Å². The van der Waals surface area contributed by atoms with Gasteiger partial charge < -0.3 is 10.1 Å². The lowest BCUT2D eigenvalue weighted by atomic mass is 10.1. The van der Waals surface area contributed by atoms with Crippen LogP contribution in [0.5, 0.6) is 0 Å². The first-order valence-corrected chi connectivity index (χ1v) is 8.75. The predicted octanol–water partition coefficient (Wildman–Crippen LogP) is 2.98. The second-order valence-corrected chi connectivity index (χ2v) is 6.68. The van der Waals surface area contributed by atoms with E-state index in [1.165, 1.54) is 16.7 Å². The molecule has 0 spiro atoms. The monoisotopic (exact) mass is 325 g/mol. The normalized spacial score (nSPS) is 21.8. The van der Waals surface area contributed by atoms with Crippen LogP contribution in [0.25, 0.3) is 0 Å². The molecule has 1 aromatic carbocycles. The fourth-order valence-electron chi connectivity index (χ4n) is 3.38. The topological polar surface area (TPSA) is 37.4 Å². The van der Waals surface area contributed by atoms with Gasteiger partial charge in [0.05, 0.1) is 12.2 Å². The standard InChI is InChI=1S/C20H27N3O/c1-16-13-23(14-17(2)24-16)15-20-8-4-3-7-19(20)12-22-11-18-6-5-9-21-10-18/h3-10,16-17,22H,11-15H2,1-2H3. The van der Waals surface area contributed by atoms with Gasteiger partial charge in [0.1, 0.15) is 0 Å². The molecule has 2 heterocycles. The maximum atomic E-state index is 5.84. The molecule has 1 aromatic heterocycles. The van der Waals surface area contributed by atoms with Crippen LogP contribution >= 0.6 is 0 Å². The van der Waals surface area contributed by atoms with E-state index in [9.17, 15) is 0 Å². The molecule has 2 unspecified atom stereocenters. The van der Waals surface area contributed by atoms with E-state index in [4.69, 9.17) is 4.74 Å². The van der Waals surface area contributed by atoms with Crippen LogP contribution in [0.4, 0.5) is 0 Å². The van der Waals surface area contributed by atoms with Gasteiger partial charge in [-0.3, -0.25) is 9.88 Å². The van der Waals surface area contributed by atoms with Crippen LogP contribution in [0.1, 0.15) is 30.5 Å². The van der Waals surface area contributed by atoms with Gasteiger partial charge in [-0.1, -0.05) is 30.3 Å². The van der Waals surface area contributed by atoms with Crippen molar-refractivity contribution in [2.24, 2.45) is 0 Å². The van der Waals surface area contributed by atoms with E-state index in [1.807, 2.05) is 18.5 Å². The van der Waals surface area contributed by atoms with Crippen LogP contribution in [0.15, 0.2) is 48.8 Å². The number of hydrogen-bond donors (Lipinski definition) is 1. The van der Waals surface area contributed by atoms with Crippen molar-refractivity contribution in [3.63, 3.8) is 0 Å². The number of aromatic nitrogens is 1. The van der Waals surface area contributed by atoms with Crippen LogP contribution in [-0.4, -0.2) is 35.2 Å². The first-order chi connectivity index (χ1) is 11.7. The fraction of sp³-hybridized carbons (Fsp3) is 0.450. The molecule has 0 bridgehead atoms. The number of hydrogen-bond acceptors (Lipinski definition) is 4. The largest absolute Gasteiger partial charge is 0.373 e. The number of nitrogens with one attached hydrogen (secondary N) is 1. The highest BCUT2D eigenvalue weighted by Gasteiger charge is 2.22. The molecule has 1 N–H and O–H groups in total. The molecule has 1 aliphatic rings. The molecule has 1 saturated heterocycles. The van der Waals surface area contributed by atoms with Crippen molar-refractivity contribution in [3.05, 3.63) is 65.5 Å². The van der Waals surface area contributed by atoms with Crippen LogP contribution < -0.4 is 5.32 Å². The van der Waals surface area contributed by atoms with Crippen LogP contribution in [0, 0.1) is 0 Å². The number of rotatable bonds is 6. The van der Waals surface area contributed by atoms with E-state index >= 15 is 0 Å². The summed E-state index contributed by atoms with van der Waals surface area (Å²) < 4.78 is 5.84. The minimum Gasteiger partial charge on any atom is -0.373 e. The average Bonchev–Trinajstić information content (AvgIpc) is 2.56. The Balaban J connectivity index is 1.58. The SMILES string of the molecule is CC1CN(Cc2ccccc2CNCc2cccnc2)CC(C)O1. The van der Waals surface area contributed by atoms with E-state index < -0.39 is 0 Å². The first-order valence-electron chi connectivity index (χ1n) is 8.75. The molecule has 4 heteroatoms. The summed E-state index contributed by atoms with van der Waals surface area (Å²) in [5.74, 6) is 0. The van der Waals surface area contributed by atoms with Crippen LogP contribution in [0.2, 0.25) is 0 Å². The second kappa shape index (κ2) is 8.38. The van der Waals surface area contributed by atoms with Crippen molar-refractivity contribution in [1.29, 1.82) is 0 Å². The number of pyridine rings is 1. The molecule has 0 amide bonds. The van der Waals surface area contributed by atoms with E-state index in [1.54, 1.807) is 0 Å². The highest BCUT2D eigenvalue weighted by molar-refractivity contribution is 5.27. The van der Waals surface area contributed by atoms with E-state index in [0.717, 1.165) is 32.7 Å². The highest BCUT2D eigenvalue weighted by atomic mass is 16.5. The zero-order valence-corrected chi connectivity index (χ0v) is 14.6. The Kier molecular flexibility index (Phi) is 5.96. The van der Waals surface area contributed by atoms with Gasteiger partial charge in [-0.05, 0) is 36.6 Å². The van der Waals surface area contributed by atoms with E-state index in [-0.39, 0.29) is 0 Å². The maximum absolute atomic E-state index is 5.84. The molecule has 1 aliphatic heterocycles. The van der Waals surface area contributed by atoms with Crippen molar-refractivity contribution in [2.75, 3.05) is 13.1 Å². The molecule has 2 aromatic rings. The zero-order chi connectivity index (χ0) is 16.8. The fourth-order valence-corrected chi connectivity index (χ4v) is 3.38. The van der Waals surface area contributed by atoms with Gasteiger partial charge in [-0.25, -0.2) is 0 Å². The van der Waals surface area contributed by atoms with Crippen molar-refractivity contribution in [1.82, 2.24) is 15.2 Å². The molecule has 0 aliphatic carbocycles. The van der Waals surface area contributed by atoms with E-state index in [2.05, 4.69) is 59.4 Å². The third-order valence-electron chi connectivity index (χ3n) is 4.37. The lowest BCUT2D eigenvalue weighted by Crippen LogP contribution is -2.45. The Morgan fingerprint density at radius 3 is 2.50 bits per heavy atom. The van der Waals surface area contributed by atoms with Gasteiger partial charge >= 0.3 is 0 Å². The maximum Gasteiger partial charge on any atom is 0.0678 e. The van der Waals surface area contributed by atoms with Crippen molar-refractivity contribution in [3.8, 4) is 0 Å². The summed E-state index contributed by atoms with van der Waals surface area (Å²) in [6.07, 6.45) is 4.34. The average molecular weight is 325 g/mol. The summed E-state index contributed by atoms with van der Waals surface area (Å²) in [5.41, 5.74) is 3.98. The molecular formula is C20H27N3O. The van der Waals surface area contributed by atoms with Crippen molar-refractivity contribution in [2.45, 2.75) is 45.7 Å². The molecule has 3 rings (SSSR count). The van der Waals surface area contributed by atoms with Crippen LogP contribution in [0.3, 0.4) is 0 Å². The summed E-state index contributed by atoms with van der Waals surface area (Å²) in [7, 11) is 0. The van der Waals surface area contributed by atoms with Gasteiger partial charge in [0.25, 0.3) is 0 Å². The van der Waals surface area contributed by atoms with Gasteiger partial charge in [-0.15, -0.1) is 0 Å². The van der Waals surface area contributed by atoms with Crippen LogP contribution in [-0.2, 0) is 24.4 Å². The predicted molar refractivity (Wildman–Crippen MR) is 96.5 cm³/mol. The first kappa shape index (κ1) is 17.1. The summed E-state index contributed by atoms with van der Waals surface area (Å²) in [6.45, 7) is 9.02. The minimum atomic E-state index is 0.310. The smallest absolute Gasteiger partial charge is 0.0678 e. The third-order valence-corrected chi connectivity index (χ3v) is 4.37. The Bertz CT molecular complexity index is 622. The Hall–Kier alpha value is -1.75. The number of morpholine rings is 1. The highest BCUT2D eigenvalue weighted by Crippen LogP contribution is 2.17. The summed E-state index contributed by atoms with van der Waals surface area (Å²) >= 11 is 0. The van der Waals surface area contributed by atoms with E-state index in [0.29, 0.717) is 12.2 Å². The number of nitrogens with zero attached hydrogens (tertiary/aromatic N) is 2. The molecule has 2 atom stereocenters. The lowest BCUT2D eigenvalue weighted by molar-refractivity contribution is -0.0705. The molecule has 128 valence electrons. The summed E-state index contributed by atoms with van der Waals surface area (Å²) in [5, 5.41) is 3.53. The molecule has 4 nitrogen and oxygen atoms in total. The number of benzene rings is 1.